The van der Waals surface area contributed by atoms with Crippen LogP contribution in [-0.2, 0) is 11.2 Å². The number of anilines is 1. The number of carbonyl (C=O) groups excluding carboxylic acids is 1. The summed E-state index contributed by atoms with van der Waals surface area (Å²) >= 11 is 0. The third-order valence-corrected chi connectivity index (χ3v) is 5.52. The summed E-state index contributed by atoms with van der Waals surface area (Å²) in [4.78, 5) is 20.4. The fourth-order valence-corrected chi connectivity index (χ4v) is 4.03. The van der Waals surface area contributed by atoms with Crippen LogP contribution in [0.4, 0.5) is 5.82 Å². The molecule has 0 radical (unpaired) electrons. The smallest absolute Gasteiger partial charge is 0.227 e. The topological polar surface area (TPSA) is 65.4 Å². The maximum Gasteiger partial charge on any atom is 0.227 e. The summed E-state index contributed by atoms with van der Waals surface area (Å²) in [5, 5.41) is 6.42. The van der Waals surface area contributed by atoms with E-state index in [0.29, 0.717) is 13.0 Å². The Balaban J connectivity index is 1.29. The minimum Gasteiger partial charge on any atom is -0.361 e. The molecule has 6 nitrogen and oxygen atoms in total. The molecule has 28 heavy (non-hydrogen) atoms. The molecule has 0 atom stereocenters. The highest BCUT2D eigenvalue weighted by molar-refractivity contribution is 5.90. The van der Waals surface area contributed by atoms with Crippen molar-refractivity contribution in [2.45, 2.75) is 12.8 Å². The van der Waals surface area contributed by atoms with Crippen LogP contribution >= 0.6 is 0 Å². The quantitative estimate of drug-likeness (QED) is 0.595. The molecule has 1 saturated heterocycles. The van der Waals surface area contributed by atoms with Gasteiger partial charge in [-0.1, -0.05) is 35.5 Å². The molecule has 1 N–H and O–H groups in total. The van der Waals surface area contributed by atoms with E-state index in [1.807, 2.05) is 53.6 Å². The van der Waals surface area contributed by atoms with E-state index in [1.54, 1.807) is 0 Å². The van der Waals surface area contributed by atoms with E-state index < -0.39 is 0 Å². The first-order chi connectivity index (χ1) is 13.8. The second-order valence-corrected chi connectivity index (χ2v) is 7.26. The van der Waals surface area contributed by atoms with Crippen molar-refractivity contribution in [3.05, 3.63) is 60.3 Å². The van der Waals surface area contributed by atoms with Gasteiger partial charge in [0.05, 0.1) is 11.8 Å². The average molecular weight is 374 g/mol. The molecule has 0 unspecified atom stereocenters. The molecule has 2 aromatic heterocycles. The highest BCUT2D eigenvalue weighted by Crippen LogP contribution is 2.26. The first-order valence-electron chi connectivity index (χ1n) is 9.72. The lowest BCUT2D eigenvalue weighted by molar-refractivity contribution is -0.130. The lowest BCUT2D eigenvalue weighted by Gasteiger charge is -2.22. The summed E-state index contributed by atoms with van der Waals surface area (Å²) in [6, 6.07) is 16.0. The van der Waals surface area contributed by atoms with E-state index in [1.165, 1.54) is 0 Å². The molecule has 6 heteroatoms. The zero-order valence-electron chi connectivity index (χ0n) is 15.6. The Morgan fingerprint density at radius 2 is 1.82 bits per heavy atom. The molecule has 1 aliphatic rings. The normalized spacial score (nSPS) is 15.3. The van der Waals surface area contributed by atoms with Gasteiger partial charge in [-0.25, -0.2) is 0 Å². The Morgan fingerprint density at radius 1 is 1.00 bits per heavy atom. The molecule has 0 bridgehead atoms. The van der Waals surface area contributed by atoms with Gasteiger partial charge >= 0.3 is 0 Å². The van der Waals surface area contributed by atoms with Crippen LogP contribution in [0.1, 0.15) is 12.0 Å². The van der Waals surface area contributed by atoms with Crippen molar-refractivity contribution in [1.29, 1.82) is 0 Å². The van der Waals surface area contributed by atoms with Gasteiger partial charge < -0.3 is 19.3 Å². The minimum absolute atomic E-state index is 0.177. The van der Waals surface area contributed by atoms with E-state index in [4.69, 9.17) is 4.52 Å². The van der Waals surface area contributed by atoms with E-state index >= 15 is 0 Å². The van der Waals surface area contributed by atoms with Crippen molar-refractivity contribution in [1.82, 2.24) is 15.0 Å². The van der Waals surface area contributed by atoms with Crippen LogP contribution in [0.5, 0.6) is 0 Å². The van der Waals surface area contributed by atoms with Crippen molar-refractivity contribution in [2.75, 3.05) is 31.1 Å². The second-order valence-electron chi connectivity index (χ2n) is 7.26. The number of carbonyl (C=O) groups is 1. The van der Waals surface area contributed by atoms with Crippen LogP contribution in [0.25, 0.3) is 21.9 Å². The number of aromatic amines is 1. The molecule has 3 heterocycles. The number of nitrogens with zero attached hydrogens (tertiary/aromatic N) is 3. The lowest BCUT2D eigenvalue weighted by Crippen LogP contribution is -2.36. The zero-order valence-corrected chi connectivity index (χ0v) is 15.6. The molecule has 1 amide bonds. The summed E-state index contributed by atoms with van der Waals surface area (Å²) in [5.74, 6) is 1.05. The maximum atomic E-state index is 12.9. The number of nitrogens with one attached hydrogen (secondary N) is 1. The van der Waals surface area contributed by atoms with Gasteiger partial charge in [0.1, 0.15) is 0 Å². The van der Waals surface area contributed by atoms with Crippen LogP contribution in [0, 0.1) is 0 Å². The van der Waals surface area contributed by atoms with Gasteiger partial charge in [0.25, 0.3) is 0 Å². The number of hydrogen-bond donors (Lipinski definition) is 1. The van der Waals surface area contributed by atoms with E-state index in [9.17, 15) is 4.79 Å². The summed E-state index contributed by atoms with van der Waals surface area (Å²) in [6.07, 6.45) is 3.30. The molecule has 2 aromatic carbocycles. The van der Waals surface area contributed by atoms with Crippen molar-refractivity contribution in [2.24, 2.45) is 0 Å². The molecule has 4 aromatic rings. The third kappa shape index (κ3) is 3.01. The molecule has 0 saturated carbocycles. The molecule has 142 valence electrons. The predicted molar refractivity (Wildman–Crippen MR) is 109 cm³/mol. The highest BCUT2D eigenvalue weighted by atomic mass is 16.5. The summed E-state index contributed by atoms with van der Waals surface area (Å²) in [7, 11) is 0. The summed E-state index contributed by atoms with van der Waals surface area (Å²) in [6.45, 7) is 3.10. The van der Waals surface area contributed by atoms with Gasteiger partial charge in [0, 0.05) is 43.3 Å². The molecular formula is C22H22N4O2. The van der Waals surface area contributed by atoms with Crippen LogP contribution in [0.15, 0.2) is 59.3 Å². The molecule has 0 spiro atoms. The Bertz CT molecular complexity index is 1130. The van der Waals surface area contributed by atoms with Crippen molar-refractivity contribution in [3.63, 3.8) is 0 Å². The molecule has 1 fully saturated rings. The van der Waals surface area contributed by atoms with E-state index in [0.717, 1.165) is 59.3 Å². The van der Waals surface area contributed by atoms with Crippen LogP contribution < -0.4 is 4.90 Å². The monoisotopic (exact) mass is 374 g/mol. The number of hydrogen-bond acceptors (Lipinski definition) is 4. The number of para-hydroxylation sites is 2. The zero-order chi connectivity index (χ0) is 18.9. The van der Waals surface area contributed by atoms with Crippen LogP contribution in [0.3, 0.4) is 0 Å². The second kappa shape index (κ2) is 7.03. The minimum atomic E-state index is 0.177. The fourth-order valence-electron chi connectivity index (χ4n) is 4.03. The van der Waals surface area contributed by atoms with Crippen molar-refractivity contribution >= 4 is 33.6 Å². The SMILES string of the molecule is O=C(Cc1c[nH]c2ccccc12)N1CCCN(c2noc3ccccc23)CC1. The lowest BCUT2D eigenvalue weighted by atomic mass is 10.1. The van der Waals surface area contributed by atoms with Gasteiger partial charge in [-0.3, -0.25) is 4.79 Å². The van der Waals surface area contributed by atoms with E-state index in [2.05, 4.69) is 21.1 Å². The average Bonchev–Trinajstić information content (AvgIpc) is 3.25. The van der Waals surface area contributed by atoms with Gasteiger partial charge in [-0.15, -0.1) is 0 Å². The standard InChI is InChI=1S/C22H22N4O2/c27-21(14-16-15-23-19-8-3-1-6-17(16)19)25-10-5-11-26(13-12-25)22-18-7-2-4-9-20(18)28-24-22/h1-4,6-9,15,23H,5,10-14H2. The first-order valence-corrected chi connectivity index (χ1v) is 9.72. The summed E-state index contributed by atoms with van der Waals surface area (Å²) in [5.41, 5.74) is 2.93. The predicted octanol–water partition coefficient (Wildman–Crippen LogP) is 3.59. The van der Waals surface area contributed by atoms with Gasteiger partial charge in [0.15, 0.2) is 11.4 Å². The number of rotatable bonds is 3. The van der Waals surface area contributed by atoms with Gasteiger partial charge in [-0.2, -0.15) is 0 Å². The van der Waals surface area contributed by atoms with Crippen molar-refractivity contribution in [3.8, 4) is 0 Å². The Morgan fingerprint density at radius 3 is 2.75 bits per heavy atom. The highest BCUT2D eigenvalue weighted by Gasteiger charge is 2.23. The number of amides is 1. The van der Waals surface area contributed by atoms with Gasteiger partial charge in [-0.05, 0) is 30.2 Å². The molecule has 0 aliphatic carbocycles. The number of benzene rings is 2. The fraction of sp³-hybridized carbons (Fsp3) is 0.273. The Kier molecular flexibility index (Phi) is 4.24. The molecule has 5 rings (SSSR count). The first kappa shape index (κ1) is 16.9. The molecular weight excluding hydrogens is 352 g/mol. The van der Waals surface area contributed by atoms with Crippen LogP contribution in [0.2, 0.25) is 0 Å². The van der Waals surface area contributed by atoms with E-state index in [-0.39, 0.29) is 5.91 Å². The third-order valence-electron chi connectivity index (χ3n) is 5.52. The maximum absolute atomic E-state index is 12.9. The van der Waals surface area contributed by atoms with Gasteiger partial charge in [0.2, 0.25) is 5.91 Å². The Hall–Kier alpha value is -3.28. The number of aromatic nitrogens is 2. The number of H-pyrrole nitrogens is 1. The summed E-state index contributed by atoms with van der Waals surface area (Å²) < 4.78 is 5.45. The largest absolute Gasteiger partial charge is 0.361 e. The Labute approximate surface area is 162 Å². The number of fused-ring (bicyclic) bond motifs is 2. The van der Waals surface area contributed by atoms with Crippen LogP contribution in [-0.4, -0.2) is 47.1 Å². The molecule has 1 aliphatic heterocycles. The van der Waals surface area contributed by atoms with Crippen molar-refractivity contribution < 1.29 is 9.32 Å².